The lowest BCUT2D eigenvalue weighted by molar-refractivity contribution is 0.0244. The highest BCUT2D eigenvalue weighted by atomic mass is 16.6. The molecule has 1 aliphatic heterocycles. The Kier molecular flexibility index (Phi) is 6.11. The van der Waals surface area contributed by atoms with Crippen LogP contribution >= 0.6 is 0 Å². The van der Waals surface area contributed by atoms with E-state index < -0.39 is 5.60 Å². The van der Waals surface area contributed by atoms with E-state index in [0.717, 1.165) is 33.9 Å². The molecule has 0 N–H and O–H groups in total. The zero-order valence-corrected chi connectivity index (χ0v) is 20.3. The van der Waals surface area contributed by atoms with Gasteiger partial charge in [0.15, 0.2) is 0 Å². The maximum atomic E-state index is 13.0. The maximum absolute atomic E-state index is 13.0. The zero-order valence-electron chi connectivity index (χ0n) is 20.3. The minimum absolute atomic E-state index is 0.295. The van der Waals surface area contributed by atoms with Crippen molar-refractivity contribution >= 4 is 17.5 Å². The number of aromatic nitrogens is 2. The van der Waals surface area contributed by atoms with Gasteiger partial charge in [0.2, 0.25) is 0 Å². The normalized spacial score (nSPS) is 14.0. The molecule has 4 rings (SSSR count). The van der Waals surface area contributed by atoms with Gasteiger partial charge in [-0.25, -0.2) is 4.79 Å². The summed E-state index contributed by atoms with van der Waals surface area (Å²) in [7, 11) is 0. The lowest BCUT2D eigenvalue weighted by Crippen LogP contribution is -2.38. The number of nitrogens with zero attached hydrogens (tertiary/aromatic N) is 4. The molecule has 0 spiro atoms. The van der Waals surface area contributed by atoms with Crippen LogP contribution in [0.3, 0.4) is 0 Å². The number of fused-ring (bicyclic) bond motifs is 1. The number of rotatable bonds is 2. The Hall–Kier alpha value is -3.41. The fraction of sp³-hybridized carbons (Fsp3) is 0.370. The van der Waals surface area contributed by atoms with Crippen molar-refractivity contribution in [2.24, 2.45) is 0 Å². The van der Waals surface area contributed by atoms with Gasteiger partial charge in [-0.1, -0.05) is 12.1 Å². The molecule has 0 saturated carbocycles. The van der Waals surface area contributed by atoms with Crippen molar-refractivity contribution in [3.8, 4) is 11.3 Å². The fourth-order valence-corrected chi connectivity index (χ4v) is 3.96. The topological polar surface area (TPSA) is 58.6 Å². The van der Waals surface area contributed by atoms with E-state index in [9.17, 15) is 4.79 Å². The molecule has 172 valence electrons. The molecule has 0 bridgehead atoms. The highest BCUT2D eigenvalue weighted by Gasteiger charge is 2.28. The first-order valence-electron chi connectivity index (χ1n) is 11.4. The molecule has 3 aromatic rings. The largest absolute Gasteiger partial charge is 0.444 e. The van der Waals surface area contributed by atoms with E-state index in [4.69, 9.17) is 4.74 Å². The molecule has 1 amide bonds. The van der Waals surface area contributed by atoms with Gasteiger partial charge in [-0.05, 0) is 94.6 Å². The number of carbonyl (C=O) groups is 1. The van der Waals surface area contributed by atoms with Crippen LogP contribution < -0.4 is 4.90 Å². The quantitative estimate of drug-likeness (QED) is 0.488. The summed E-state index contributed by atoms with van der Waals surface area (Å²) in [5.41, 5.74) is 7.90. The maximum Gasteiger partial charge on any atom is 0.410 e. The third kappa shape index (κ3) is 5.16. The molecule has 6 heteroatoms. The van der Waals surface area contributed by atoms with Crippen molar-refractivity contribution in [3.63, 3.8) is 0 Å². The van der Waals surface area contributed by atoms with E-state index in [0.29, 0.717) is 19.6 Å². The second-order valence-electron chi connectivity index (χ2n) is 9.73. The Labute approximate surface area is 196 Å². The van der Waals surface area contributed by atoms with E-state index in [1.54, 1.807) is 4.90 Å². The van der Waals surface area contributed by atoms with Gasteiger partial charge in [0, 0.05) is 30.0 Å². The van der Waals surface area contributed by atoms with Crippen molar-refractivity contribution in [3.05, 3.63) is 70.9 Å². The summed E-state index contributed by atoms with van der Waals surface area (Å²) in [6.07, 6.45) is -0.295. The summed E-state index contributed by atoms with van der Waals surface area (Å²) in [5, 5.41) is 8.56. The van der Waals surface area contributed by atoms with Crippen molar-refractivity contribution in [2.75, 3.05) is 18.0 Å². The van der Waals surface area contributed by atoms with E-state index in [1.165, 1.54) is 11.1 Å². The molecule has 0 saturated heterocycles. The molecule has 33 heavy (non-hydrogen) atoms. The summed E-state index contributed by atoms with van der Waals surface area (Å²) in [6.45, 7) is 13.6. The molecule has 0 unspecified atom stereocenters. The van der Waals surface area contributed by atoms with E-state index in [1.807, 2.05) is 39.8 Å². The molecule has 0 radical (unpaired) electrons. The molecule has 6 nitrogen and oxygen atoms in total. The number of carbonyl (C=O) groups excluding carboxylic acids is 1. The van der Waals surface area contributed by atoms with E-state index >= 15 is 0 Å². The number of benzene rings is 2. The monoisotopic (exact) mass is 444 g/mol. The Morgan fingerprint density at radius 2 is 1.70 bits per heavy atom. The molecule has 0 fully saturated rings. The molecule has 2 aromatic carbocycles. The third-order valence-electron chi connectivity index (χ3n) is 5.87. The second-order valence-corrected chi connectivity index (χ2v) is 9.73. The summed E-state index contributed by atoms with van der Waals surface area (Å²) >= 11 is 0. The first kappa shape index (κ1) is 22.8. The van der Waals surface area contributed by atoms with E-state index in [-0.39, 0.29) is 6.09 Å². The van der Waals surface area contributed by atoms with Gasteiger partial charge in [-0.15, -0.1) is 0 Å². The first-order chi connectivity index (χ1) is 15.6. The van der Waals surface area contributed by atoms with Crippen molar-refractivity contribution < 1.29 is 9.53 Å². The van der Waals surface area contributed by atoms with Crippen LogP contribution in [0.2, 0.25) is 0 Å². The van der Waals surface area contributed by atoms with Crippen LogP contribution in [0.1, 0.15) is 43.2 Å². The lowest BCUT2D eigenvalue weighted by Gasteiger charge is -2.27. The van der Waals surface area contributed by atoms with Crippen LogP contribution in [0, 0.1) is 20.8 Å². The number of anilines is 2. The molecule has 1 aliphatic rings. The van der Waals surface area contributed by atoms with Gasteiger partial charge in [0.05, 0.1) is 17.9 Å². The lowest BCUT2D eigenvalue weighted by atomic mass is 10.0. The smallest absolute Gasteiger partial charge is 0.410 e. The third-order valence-corrected chi connectivity index (χ3v) is 5.87. The Balaban J connectivity index is 1.76. The summed E-state index contributed by atoms with van der Waals surface area (Å²) in [5.74, 6) is 0. The number of aryl methyl sites for hydroxylation is 3. The van der Waals surface area contributed by atoms with Gasteiger partial charge < -0.3 is 14.5 Å². The standard InChI is InChI=1S/C27H32N4O2/c1-18-7-10-23(15-19(18)2)31-14-13-30(26(32)33-27(4,5)6)17-22-16-21(9-12-25(22)31)24-11-8-20(3)28-29-24/h7-12,15-16H,13-14,17H2,1-6H3. The molecule has 1 aromatic heterocycles. The second kappa shape index (κ2) is 8.85. The molecule has 0 atom stereocenters. The molecular formula is C27H32N4O2. The summed E-state index contributed by atoms with van der Waals surface area (Å²) < 4.78 is 5.70. The minimum Gasteiger partial charge on any atom is -0.444 e. The molecule has 0 aliphatic carbocycles. The van der Waals surface area contributed by atoms with Gasteiger partial charge in [-0.3, -0.25) is 0 Å². The van der Waals surface area contributed by atoms with Crippen LogP contribution in [-0.4, -0.2) is 39.9 Å². The van der Waals surface area contributed by atoms with E-state index in [2.05, 4.69) is 65.3 Å². The average Bonchev–Trinajstić information content (AvgIpc) is 2.94. The summed E-state index contributed by atoms with van der Waals surface area (Å²) in [6, 6.07) is 16.8. The number of ether oxygens (including phenoxy) is 1. The van der Waals surface area contributed by atoms with Gasteiger partial charge in [0.25, 0.3) is 0 Å². The van der Waals surface area contributed by atoms with Crippen molar-refractivity contribution in [2.45, 2.75) is 53.7 Å². The predicted octanol–water partition coefficient (Wildman–Crippen LogP) is 5.96. The van der Waals surface area contributed by atoms with Gasteiger partial charge >= 0.3 is 6.09 Å². The van der Waals surface area contributed by atoms with Crippen LogP contribution in [-0.2, 0) is 11.3 Å². The Bertz CT molecular complexity index is 1170. The minimum atomic E-state index is -0.542. The van der Waals surface area contributed by atoms with Gasteiger partial charge in [0.1, 0.15) is 5.60 Å². The predicted molar refractivity (Wildman–Crippen MR) is 132 cm³/mol. The average molecular weight is 445 g/mol. The van der Waals surface area contributed by atoms with Gasteiger partial charge in [-0.2, -0.15) is 10.2 Å². The number of amides is 1. The van der Waals surface area contributed by atoms with Crippen molar-refractivity contribution in [1.82, 2.24) is 15.1 Å². The molecular weight excluding hydrogens is 412 g/mol. The first-order valence-corrected chi connectivity index (χ1v) is 11.4. The van der Waals surface area contributed by atoms with Crippen molar-refractivity contribution in [1.29, 1.82) is 0 Å². The number of hydrogen-bond acceptors (Lipinski definition) is 5. The Morgan fingerprint density at radius 3 is 2.36 bits per heavy atom. The SMILES string of the molecule is Cc1ccc(-c2ccc3c(c2)CN(C(=O)OC(C)(C)C)CCN3c2ccc(C)c(C)c2)nn1. The van der Waals surface area contributed by atoms with Crippen LogP contribution in [0.25, 0.3) is 11.3 Å². The zero-order chi connectivity index (χ0) is 23.8. The van der Waals surface area contributed by atoms with Crippen LogP contribution in [0.15, 0.2) is 48.5 Å². The summed E-state index contributed by atoms with van der Waals surface area (Å²) in [4.78, 5) is 17.0. The van der Waals surface area contributed by atoms with Crippen LogP contribution in [0.5, 0.6) is 0 Å². The fourth-order valence-electron chi connectivity index (χ4n) is 3.96. The van der Waals surface area contributed by atoms with Crippen LogP contribution in [0.4, 0.5) is 16.2 Å². The number of hydrogen-bond donors (Lipinski definition) is 0. The molecule has 2 heterocycles. The highest BCUT2D eigenvalue weighted by molar-refractivity contribution is 5.75. The highest BCUT2D eigenvalue weighted by Crippen LogP contribution is 2.35. The Morgan fingerprint density at radius 1 is 0.909 bits per heavy atom.